The molecule has 4 nitrogen and oxygen atoms in total. The zero-order valence-corrected chi connectivity index (χ0v) is 12.1. The van der Waals surface area contributed by atoms with E-state index in [0.29, 0.717) is 10.8 Å². The van der Waals surface area contributed by atoms with Gasteiger partial charge in [-0.05, 0) is 19.1 Å². The van der Waals surface area contributed by atoms with Gasteiger partial charge in [-0.15, -0.1) is 0 Å². The maximum atomic E-state index is 5.85. The maximum Gasteiger partial charge on any atom is 0.180 e. The van der Waals surface area contributed by atoms with Gasteiger partial charge in [-0.3, -0.25) is 4.98 Å². The summed E-state index contributed by atoms with van der Waals surface area (Å²) in [6, 6.07) is 3.66. The number of pyridine rings is 1. The van der Waals surface area contributed by atoms with Crippen molar-refractivity contribution in [1.82, 2.24) is 15.0 Å². The van der Waals surface area contributed by atoms with Crippen LogP contribution >= 0.6 is 23.4 Å². The summed E-state index contributed by atoms with van der Waals surface area (Å²) in [5.74, 6) is 3.51. The molecular formula is C13H13ClN4S. The molecular weight excluding hydrogens is 280 g/mol. The summed E-state index contributed by atoms with van der Waals surface area (Å²) in [7, 11) is 0. The van der Waals surface area contributed by atoms with Gasteiger partial charge in [0.05, 0.1) is 10.7 Å². The highest BCUT2D eigenvalue weighted by molar-refractivity contribution is 7.98. The average Bonchev–Trinajstić information content (AvgIpc) is 2.88. The fourth-order valence-corrected chi connectivity index (χ4v) is 3.14. The number of fused-ring (bicyclic) bond motifs is 1. The third kappa shape index (κ3) is 2.53. The summed E-state index contributed by atoms with van der Waals surface area (Å²) in [5, 5.41) is 3.93. The van der Waals surface area contributed by atoms with E-state index in [1.165, 1.54) is 5.56 Å². The highest BCUT2D eigenvalue weighted by atomic mass is 35.5. The SMILES string of the molecule is CCNc1nc(-c2ccc(Cl)cn2)nc2c1CSC2. The molecule has 0 bridgehead atoms. The van der Waals surface area contributed by atoms with E-state index in [4.69, 9.17) is 11.6 Å². The Labute approximate surface area is 121 Å². The van der Waals surface area contributed by atoms with Gasteiger partial charge in [0.2, 0.25) is 0 Å². The quantitative estimate of drug-likeness (QED) is 0.940. The summed E-state index contributed by atoms with van der Waals surface area (Å²) < 4.78 is 0. The summed E-state index contributed by atoms with van der Waals surface area (Å²) in [4.78, 5) is 13.5. The van der Waals surface area contributed by atoms with Crippen molar-refractivity contribution in [2.24, 2.45) is 0 Å². The molecule has 0 spiro atoms. The minimum Gasteiger partial charge on any atom is -0.370 e. The molecule has 98 valence electrons. The summed E-state index contributed by atoms with van der Waals surface area (Å²) in [6.07, 6.45) is 1.62. The molecule has 6 heteroatoms. The fraction of sp³-hybridized carbons (Fsp3) is 0.308. The molecule has 0 aliphatic carbocycles. The molecule has 19 heavy (non-hydrogen) atoms. The molecule has 1 aliphatic heterocycles. The Kier molecular flexibility index (Phi) is 3.57. The monoisotopic (exact) mass is 292 g/mol. The van der Waals surface area contributed by atoms with Crippen LogP contribution in [0.15, 0.2) is 18.3 Å². The minimum absolute atomic E-state index is 0.618. The Bertz CT molecular complexity index is 600. The molecule has 0 fully saturated rings. The number of thioether (sulfide) groups is 1. The van der Waals surface area contributed by atoms with Gasteiger partial charge in [-0.2, -0.15) is 11.8 Å². The first-order chi connectivity index (χ1) is 9.28. The molecule has 3 rings (SSSR count). The number of nitrogens with zero attached hydrogens (tertiary/aromatic N) is 3. The number of hydrogen-bond donors (Lipinski definition) is 1. The topological polar surface area (TPSA) is 50.7 Å². The van der Waals surface area contributed by atoms with Crippen molar-refractivity contribution in [3.63, 3.8) is 0 Å². The zero-order chi connectivity index (χ0) is 13.2. The number of aromatic nitrogens is 3. The van der Waals surface area contributed by atoms with Crippen molar-refractivity contribution in [2.75, 3.05) is 11.9 Å². The lowest BCUT2D eigenvalue weighted by atomic mass is 10.2. The second kappa shape index (κ2) is 5.35. The number of nitrogens with one attached hydrogen (secondary N) is 1. The molecule has 3 heterocycles. The van der Waals surface area contributed by atoms with E-state index in [2.05, 4.69) is 27.2 Å². The normalized spacial score (nSPS) is 13.4. The molecule has 0 aromatic carbocycles. The highest BCUT2D eigenvalue weighted by Crippen LogP contribution is 2.34. The van der Waals surface area contributed by atoms with E-state index in [0.717, 1.165) is 35.3 Å². The second-order valence-corrected chi connectivity index (χ2v) is 5.63. The van der Waals surface area contributed by atoms with E-state index in [9.17, 15) is 0 Å². The lowest BCUT2D eigenvalue weighted by Crippen LogP contribution is -2.07. The van der Waals surface area contributed by atoms with Crippen molar-refractivity contribution in [1.29, 1.82) is 0 Å². The Morgan fingerprint density at radius 1 is 1.32 bits per heavy atom. The van der Waals surface area contributed by atoms with Gasteiger partial charge in [0.1, 0.15) is 11.5 Å². The van der Waals surface area contributed by atoms with E-state index < -0.39 is 0 Å². The van der Waals surface area contributed by atoms with Gasteiger partial charge in [0, 0.05) is 29.8 Å². The number of anilines is 1. The Balaban J connectivity index is 2.07. The largest absolute Gasteiger partial charge is 0.370 e. The molecule has 2 aromatic heterocycles. The Morgan fingerprint density at radius 3 is 2.95 bits per heavy atom. The van der Waals surface area contributed by atoms with Crippen LogP contribution in [0.2, 0.25) is 5.02 Å². The first kappa shape index (κ1) is 12.7. The molecule has 0 unspecified atom stereocenters. The second-order valence-electron chi connectivity index (χ2n) is 4.21. The van der Waals surface area contributed by atoms with Crippen LogP contribution in [-0.2, 0) is 11.5 Å². The first-order valence-electron chi connectivity index (χ1n) is 6.11. The van der Waals surface area contributed by atoms with Crippen LogP contribution in [0.5, 0.6) is 0 Å². The molecule has 0 saturated carbocycles. The molecule has 0 radical (unpaired) electrons. The summed E-state index contributed by atoms with van der Waals surface area (Å²) >= 11 is 7.72. The van der Waals surface area contributed by atoms with Crippen LogP contribution in [0.4, 0.5) is 5.82 Å². The lowest BCUT2D eigenvalue weighted by Gasteiger charge is -2.10. The van der Waals surface area contributed by atoms with Crippen LogP contribution in [0.1, 0.15) is 18.2 Å². The number of hydrogen-bond acceptors (Lipinski definition) is 5. The van der Waals surface area contributed by atoms with E-state index in [1.807, 2.05) is 23.9 Å². The van der Waals surface area contributed by atoms with Crippen LogP contribution in [0.3, 0.4) is 0 Å². The van der Waals surface area contributed by atoms with Crippen LogP contribution < -0.4 is 5.32 Å². The smallest absolute Gasteiger partial charge is 0.180 e. The molecule has 1 aliphatic rings. The fourth-order valence-electron chi connectivity index (χ4n) is 1.99. The maximum absolute atomic E-state index is 5.85. The zero-order valence-electron chi connectivity index (χ0n) is 10.5. The van der Waals surface area contributed by atoms with Gasteiger partial charge >= 0.3 is 0 Å². The highest BCUT2D eigenvalue weighted by Gasteiger charge is 2.20. The summed E-state index contributed by atoms with van der Waals surface area (Å²) in [5.41, 5.74) is 3.09. The third-order valence-electron chi connectivity index (χ3n) is 2.88. The van der Waals surface area contributed by atoms with Gasteiger partial charge in [0.25, 0.3) is 0 Å². The van der Waals surface area contributed by atoms with Crippen LogP contribution in [0, 0.1) is 0 Å². The Morgan fingerprint density at radius 2 is 2.21 bits per heavy atom. The molecule has 1 N–H and O–H groups in total. The van der Waals surface area contributed by atoms with Crippen LogP contribution in [-0.4, -0.2) is 21.5 Å². The van der Waals surface area contributed by atoms with Gasteiger partial charge in [-0.1, -0.05) is 11.6 Å². The van der Waals surface area contributed by atoms with Crippen molar-refractivity contribution in [3.8, 4) is 11.5 Å². The van der Waals surface area contributed by atoms with E-state index >= 15 is 0 Å². The molecule has 2 aromatic rings. The minimum atomic E-state index is 0.618. The van der Waals surface area contributed by atoms with Gasteiger partial charge in [0.15, 0.2) is 5.82 Å². The lowest BCUT2D eigenvalue weighted by molar-refractivity contribution is 1.04. The number of halogens is 1. The predicted molar refractivity (Wildman–Crippen MR) is 79.4 cm³/mol. The third-order valence-corrected chi connectivity index (χ3v) is 4.07. The van der Waals surface area contributed by atoms with Gasteiger partial charge in [-0.25, -0.2) is 9.97 Å². The van der Waals surface area contributed by atoms with E-state index in [-0.39, 0.29) is 0 Å². The van der Waals surface area contributed by atoms with Crippen molar-refractivity contribution >= 4 is 29.2 Å². The summed E-state index contributed by atoms with van der Waals surface area (Å²) in [6.45, 7) is 2.92. The standard InChI is InChI=1S/C13H13ClN4S/c1-2-15-12-9-6-19-7-11(9)17-13(18-12)10-4-3-8(14)5-16-10/h3-5H,2,6-7H2,1H3,(H,15,17,18). The van der Waals surface area contributed by atoms with Crippen LogP contribution in [0.25, 0.3) is 11.5 Å². The van der Waals surface area contributed by atoms with Gasteiger partial charge < -0.3 is 5.32 Å². The van der Waals surface area contributed by atoms with E-state index in [1.54, 1.807) is 6.20 Å². The van der Waals surface area contributed by atoms with Crippen molar-refractivity contribution in [2.45, 2.75) is 18.4 Å². The molecule has 0 amide bonds. The Hall–Kier alpha value is -1.33. The molecule has 0 atom stereocenters. The molecule has 0 saturated heterocycles. The van der Waals surface area contributed by atoms with Crippen molar-refractivity contribution in [3.05, 3.63) is 34.6 Å². The average molecular weight is 293 g/mol. The van der Waals surface area contributed by atoms with Crippen molar-refractivity contribution < 1.29 is 0 Å². The first-order valence-corrected chi connectivity index (χ1v) is 7.64. The number of rotatable bonds is 3. The predicted octanol–water partition coefficient (Wildman–Crippen LogP) is 3.37.